The zero-order valence-corrected chi connectivity index (χ0v) is 14.3. The van der Waals surface area contributed by atoms with Gasteiger partial charge in [0.25, 0.3) is 0 Å². The summed E-state index contributed by atoms with van der Waals surface area (Å²) in [5, 5.41) is 0. The standard InChI is InChI=1S/C20H18FN5/c1-2-17(19-23-13-16(25-19)14-7-4-3-5-8-14)26-12-11-22-20(26)15-9-6-10-18(21)24-15/h3-13,17H,2H2,1H3,(H,23,25). The van der Waals surface area contributed by atoms with Crippen LogP contribution in [0.15, 0.2) is 67.1 Å². The number of H-pyrrole nitrogens is 1. The molecule has 0 aliphatic heterocycles. The van der Waals surface area contributed by atoms with Gasteiger partial charge in [-0.3, -0.25) is 0 Å². The first kappa shape index (κ1) is 16.2. The summed E-state index contributed by atoms with van der Waals surface area (Å²) in [6.45, 7) is 2.08. The van der Waals surface area contributed by atoms with Crippen molar-refractivity contribution in [1.29, 1.82) is 0 Å². The quantitative estimate of drug-likeness (QED) is 0.542. The van der Waals surface area contributed by atoms with E-state index in [9.17, 15) is 4.39 Å². The molecule has 4 rings (SSSR count). The first-order valence-corrected chi connectivity index (χ1v) is 8.52. The molecule has 3 heterocycles. The van der Waals surface area contributed by atoms with Crippen LogP contribution in [0.1, 0.15) is 25.2 Å². The maximum atomic E-state index is 13.5. The van der Waals surface area contributed by atoms with Crippen molar-refractivity contribution < 1.29 is 4.39 Å². The molecule has 1 N–H and O–H groups in total. The maximum absolute atomic E-state index is 13.5. The van der Waals surface area contributed by atoms with Crippen molar-refractivity contribution in [1.82, 2.24) is 24.5 Å². The number of aromatic amines is 1. The van der Waals surface area contributed by atoms with Crippen LogP contribution < -0.4 is 0 Å². The van der Waals surface area contributed by atoms with E-state index in [1.165, 1.54) is 6.07 Å². The Morgan fingerprint density at radius 2 is 1.92 bits per heavy atom. The molecule has 0 aliphatic rings. The Balaban J connectivity index is 1.71. The molecule has 0 aliphatic carbocycles. The predicted octanol–water partition coefficient (Wildman–Crippen LogP) is 4.47. The summed E-state index contributed by atoms with van der Waals surface area (Å²) in [4.78, 5) is 16.3. The van der Waals surface area contributed by atoms with Crippen LogP contribution in [0.2, 0.25) is 0 Å². The third-order valence-corrected chi connectivity index (χ3v) is 4.33. The van der Waals surface area contributed by atoms with E-state index < -0.39 is 5.95 Å². The molecule has 1 aromatic carbocycles. The lowest BCUT2D eigenvalue weighted by Gasteiger charge is -2.17. The summed E-state index contributed by atoms with van der Waals surface area (Å²) in [6.07, 6.45) is 6.22. The second kappa shape index (κ2) is 6.92. The van der Waals surface area contributed by atoms with Gasteiger partial charge < -0.3 is 9.55 Å². The Morgan fingerprint density at radius 1 is 1.08 bits per heavy atom. The lowest BCUT2D eigenvalue weighted by molar-refractivity contribution is 0.542. The van der Waals surface area contributed by atoms with Crippen LogP contribution in [0, 0.1) is 5.95 Å². The zero-order valence-electron chi connectivity index (χ0n) is 14.3. The normalized spacial score (nSPS) is 12.2. The molecular formula is C20H18FN5. The summed E-state index contributed by atoms with van der Waals surface area (Å²) in [5.74, 6) is 0.936. The lowest BCUT2D eigenvalue weighted by atomic mass is 10.2. The highest BCUT2D eigenvalue weighted by atomic mass is 19.1. The molecule has 4 aromatic rings. The second-order valence-corrected chi connectivity index (χ2v) is 5.98. The first-order valence-electron chi connectivity index (χ1n) is 8.52. The van der Waals surface area contributed by atoms with Crippen molar-refractivity contribution in [3.63, 3.8) is 0 Å². The Labute approximate surface area is 150 Å². The van der Waals surface area contributed by atoms with Crippen molar-refractivity contribution in [2.45, 2.75) is 19.4 Å². The Kier molecular flexibility index (Phi) is 4.31. The molecule has 0 spiro atoms. The van der Waals surface area contributed by atoms with Crippen LogP contribution in [0.5, 0.6) is 0 Å². The fraction of sp³-hybridized carbons (Fsp3) is 0.150. The number of halogens is 1. The maximum Gasteiger partial charge on any atom is 0.213 e. The topological polar surface area (TPSA) is 59.4 Å². The van der Waals surface area contributed by atoms with Crippen molar-refractivity contribution in [2.75, 3.05) is 0 Å². The molecule has 1 unspecified atom stereocenters. The van der Waals surface area contributed by atoms with Crippen molar-refractivity contribution in [3.05, 3.63) is 78.9 Å². The largest absolute Gasteiger partial charge is 0.340 e. The van der Waals surface area contributed by atoms with Crippen LogP contribution in [0.25, 0.3) is 22.8 Å². The van der Waals surface area contributed by atoms with Gasteiger partial charge in [0.2, 0.25) is 5.95 Å². The van der Waals surface area contributed by atoms with Gasteiger partial charge in [-0.15, -0.1) is 0 Å². The number of hydrogen-bond acceptors (Lipinski definition) is 3. The van der Waals surface area contributed by atoms with Crippen LogP contribution in [0.3, 0.4) is 0 Å². The predicted molar refractivity (Wildman–Crippen MR) is 97.9 cm³/mol. The molecular weight excluding hydrogens is 329 g/mol. The minimum absolute atomic E-state index is 0.0463. The molecule has 0 bridgehead atoms. The Bertz CT molecular complexity index is 1010. The molecule has 5 nitrogen and oxygen atoms in total. The molecule has 130 valence electrons. The second-order valence-electron chi connectivity index (χ2n) is 5.98. The number of pyridine rings is 1. The van der Waals surface area contributed by atoms with Crippen LogP contribution in [-0.4, -0.2) is 24.5 Å². The third kappa shape index (κ3) is 3.01. The SMILES string of the molecule is CCC(c1ncc(-c2ccccc2)[nH]1)n1ccnc1-c1cccc(F)n1. The van der Waals surface area contributed by atoms with E-state index in [1.54, 1.807) is 18.3 Å². The summed E-state index contributed by atoms with van der Waals surface area (Å²) in [5.41, 5.74) is 2.55. The number of imidazole rings is 2. The zero-order chi connectivity index (χ0) is 17.9. The summed E-state index contributed by atoms with van der Waals surface area (Å²) < 4.78 is 15.5. The molecule has 0 radical (unpaired) electrons. The third-order valence-electron chi connectivity index (χ3n) is 4.33. The Hall–Kier alpha value is -3.28. The minimum atomic E-state index is -0.519. The minimum Gasteiger partial charge on any atom is -0.340 e. The van der Waals surface area contributed by atoms with Crippen LogP contribution in [-0.2, 0) is 0 Å². The van der Waals surface area contributed by atoms with E-state index in [2.05, 4.69) is 26.9 Å². The molecule has 26 heavy (non-hydrogen) atoms. The molecule has 6 heteroatoms. The number of hydrogen-bond donors (Lipinski definition) is 1. The highest BCUT2D eigenvalue weighted by Crippen LogP contribution is 2.27. The van der Waals surface area contributed by atoms with Crippen molar-refractivity contribution >= 4 is 0 Å². The van der Waals surface area contributed by atoms with Crippen LogP contribution >= 0.6 is 0 Å². The van der Waals surface area contributed by atoms with Gasteiger partial charge in [0.15, 0.2) is 5.82 Å². The van der Waals surface area contributed by atoms with Gasteiger partial charge in [-0.2, -0.15) is 4.39 Å². The summed E-state index contributed by atoms with van der Waals surface area (Å²) in [7, 11) is 0. The average molecular weight is 347 g/mol. The molecule has 0 fully saturated rings. The van der Waals surface area contributed by atoms with E-state index in [1.807, 2.05) is 47.3 Å². The highest BCUT2D eigenvalue weighted by molar-refractivity contribution is 5.58. The molecule has 0 saturated heterocycles. The van der Waals surface area contributed by atoms with Gasteiger partial charge >= 0.3 is 0 Å². The fourth-order valence-corrected chi connectivity index (χ4v) is 3.09. The summed E-state index contributed by atoms with van der Waals surface area (Å²) >= 11 is 0. The average Bonchev–Trinajstić information content (AvgIpc) is 3.34. The van der Waals surface area contributed by atoms with Gasteiger partial charge in [0, 0.05) is 12.4 Å². The summed E-state index contributed by atoms with van der Waals surface area (Å²) in [6, 6.07) is 14.7. The fourth-order valence-electron chi connectivity index (χ4n) is 3.09. The molecule has 1 atom stereocenters. The number of nitrogens with one attached hydrogen (secondary N) is 1. The highest BCUT2D eigenvalue weighted by Gasteiger charge is 2.20. The monoisotopic (exact) mass is 347 g/mol. The molecule has 0 amide bonds. The van der Waals surface area contributed by atoms with Gasteiger partial charge in [0.1, 0.15) is 11.5 Å². The number of rotatable bonds is 5. The van der Waals surface area contributed by atoms with E-state index >= 15 is 0 Å². The van der Waals surface area contributed by atoms with Gasteiger partial charge in [0.05, 0.1) is 17.9 Å². The Morgan fingerprint density at radius 3 is 2.69 bits per heavy atom. The van der Waals surface area contributed by atoms with E-state index in [0.717, 1.165) is 23.5 Å². The van der Waals surface area contributed by atoms with E-state index in [0.29, 0.717) is 11.5 Å². The van der Waals surface area contributed by atoms with Gasteiger partial charge in [-0.1, -0.05) is 43.3 Å². The van der Waals surface area contributed by atoms with Crippen LogP contribution in [0.4, 0.5) is 4.39 Å². The smallest absolute Gasteiger partial charge is 0.213 e. The lowest BCUT2D eigenvalue weighted by Crippen LogP contribution is -2.12. The van der Waals surface area contributed by atoms with Crippen molar-refractivity contribution in [2.24, 2.45) is 0 Å². The first-order chi connectivity index (χ1) is 12.8. The van der Waals surface area contributed by atoms with Crippen molar-refractivity contribution in [3.8, 4) is 22.8 Å². The van der Waals surface area contributed by atoms with Gasteiger partial charge in [-0.05, 0) is 24.1 Å². The van der Waals surface area contributed by atoms with Gasteiger partial charge in [-0.25, -0.2) is 15.0 Å². The van der Waals surface area contributed by atoms with E-state index in [4.69, 9.17) is 0 Å². The molecule has 0 saturated carbocycles. The number of benzene rings is 1. The van der Waals surface area contributed by atoms with E-state index in [-0.39, 0.29) is 6.04 Å². The molecule has 3 aromatic heterocycles. The number of nitrogens with zero attached hydrogens (tertiary/aromatic N) is 4. The number of aromatic nitrogens is 5.